The van der Waals surface area contributed by atoms with Gasteiger partial charge in [0.05, 0.1) is 11.9 Å². The Labute approximate surface area is 240 Å². The van der Waals surface area contributed by atoms with E-state index >= 15 is 0 Å². The number of hydrogen-bond donors (Lipinski definition) is 1. The summed E-state index contributed by atoms with van der Waals surface area (Å²) in [6, 6.07) is 9.23. The second-order valence-corrected chi connectivity index (χ2v) is 12.0. The van der Waals surface area contributed by atoms with Crippen LogP contribution in [0.1, 0.15) is 51.5 Å². The van der Waals surface area contributed by atoms with Gasteiger partial charge in [-0.1, -0.05) is 49.5 Å². The molecule has 0 radical (unpaired) electrons. The Hall–Kier alpha value is -2.69. The Morgan fingerprint density at radius 1 is 1.05 bits per heavy atom. The highest BCUT2D eigenvalue weighted by Crippen LogP contribution is 2.36. The standard InChI is InChI=1S/C27H35Cl2N3O6S/c1-4-6-14-30-27(34)23(5-2)31(17-20-21(28)9-7-10-22(20)29)26(33)11-8-15-32(39(3,35)36)19-12-13-24-25(16-19)38-18-37-24/h7,9-10,12-13,16,23H,4-6,8,11,14-15,17-18H2,1-3H3,(H,30,34)/t23-/m0/s1. The highest BCUT2D eigenvalue weighted by Gasteiger charge is 2.30. The number of amides is 2. The third kappa shape index (κ3) is 8.16. The molecule has 3 rings (SSSR count). The fraction of sp³-hybridized carbons (Fsp3) is 0.481. The smallest absolute Gasteiger partial charge is 0.242 e. The molecule has 1 atom stereocenters. The van der Waals surface area contributed by atoms with E-state index in [0.29, 0.717) is 45.8 Å². The predicted molar refractivity (Wildman–Crippen MR) is 153 cm³/mol. The van der Waals surface area contributed by atoms with Crippen molar-refractivity contribution in [1.82, 2.24) is 10.2 Å². The molecule has 0 spiro atoms. The highest BCUT2D eigenvalue weighted by molar-refractivity contribution is 7.92. The van der Waals surface area contributed by atoms with Gasteiger partial charge in [-0.25, -0.2) is 8.42 Å². The van der Waals surface area contributed by atoms with E-state index < -0.39 is 16.1 Å². The van der Waals surface area contributed by atoms with E-state index in [9.17, 15) is 18.0 Å². The number of carbonyl (C=O) groups is 2. The Balaban J connectivity index is 1.78. The fourth-order valence-corrected chi connectivity index (χ4v) is 5.80. The van der Waals surface area contributed by atoms with Gasteiger partial charge in [0.2, 0.25) is 28.6 Å². The van der Waals surface area contributed by atoms with Crippen molar-refractivity contribution in [3.05, 3.63) is 52.0 Å². The Kier molecular flexibility index (Phi) is 11.1. The van der Waals surface area contributed by atoms with Gasteiger partial charge in [0.15, 0.2) is 11.5 Å². The second-order valence-electron chi connectivity index (χ2n) is 9.27. The van der Waals surface area contributed by atoms with Gasteiger partial charge in [0.1, 0.15) is 6.04 Å². The van der Waals surface area contributed by atoms with Crippen LogP contribution in [-0.2, 0) is 26.2 Å². The summed E-state index contributed by atoms with van der Waals surface area (Å²) in [5.74, 6) is 0.446. The first-order valence-electron chi connectivity index (χ1n) is 12.9. The molecule has 2 amide bonds. The summed E-state index contributed by atoms with van der Waals surface area (Å²) >= 11 is 12.8. The molecule has 1 N–H and O–H groups in total. The van der Waals surface area contributed by atoms with Crippen molar-refractivity contribution >= 4 is 50.7 Å². The van der Waals surface area contributed by atoms with Crippen LogP contribution < -0.4 is 19.1 Å². The zero-order valence-corrected chi connectivity index (χ0v) is 24.7. The SMILES string of the molecule is CCCCNC(=O)[C@H](CC)N(Cc1c(Cl)cccc1Cl)C(=O)CCCN(c1ccc2c(c1)OCO2)S(C)(=O)=O. The van der Waals surface area contributed by atoms with Crippen LogP contribution in [0, 0.1) is 0 Å². The number of unbranched alkanes of at least 4 members (excludes halogenated alkanes) is 1. The van der Waals surface area contributed by atoms with Crippen molar-refractivity contribution in [1.29, 1.82) is 0 Å². The van der Waals surface area contributed by atoms with Crippen molar-refractivity contribution < 1.29 is 27.5 Å². The van der Waals surface area contributed by atoms with Crippen molar-refractivity contribution in [3.8, 4) is 11.5 Å². The maximum absolute atomic E-state index is 13.6. The number of ether oxygens (including phenoxy) is 2. The van der Waals surface area contributed by atoms with Gasteiger partial charge in [0.25, 0.3) is 0 Å². The van der Waals surface area contributed by atoms with Gasteiger partial charge in [0, 0.05) is 47.7 Å². The van der Waals surface area contributed by atoms with Crippen molar-refractivity contribution in [2.24, 2.45) is 0 Å². The minimum atomic E-state index is -3.65. The van der Waals surface area contributed by atoms with E-state index in [1.807, 2.05) is 13.8 Å². The summed E-state index contributed by atoms with van der Waals surface area (Å²) < 4.78 is 37.1. The van der Waals surface area contributed by atoms with Gasteiger partial charge in [-0.3, -0.25) is 13.9 Å². The highest BCUT2D eigenvalue weighted by atomic mass is 35.5. The number of hydrogen-bond acceptors (Lipinski definition) is 6. The van der Waals surface area contributed by atoms with Crippen LogP contribution in [0.5, 0.6) is 11.5 Å². The number of nitrogens with zero attached hydrogens (tertiary/aromatic N) is 2. The van der Waals surface area contributed by atoms with Crippen LogP contribution in [0.3, 0.4) is 0 Å². The van der Waals surface area contributed by atoms with Crippen molar-refractivity contribution in [3.63, 3.8) is 0 Å². The van der Waals surface area contributed by atoms with Gasteiger partial charge in [-0.15, -0.1) is 0 Å². The third-order valence-electron chi connectivity index (χ3n) is 6.40. The minimum absolute atomic E-state index is 0.0113. The second kappa shape index (κ2) is 14.1. The number of halogens is 2. The molecule has 1 aliphatic rings. The number of rotatable bonds is 14. The van der Waals surface area contributed by atoms with Crippen LogP contribution in [0.25, 0.3) is 0 Å². The lowest BCUT2D eigenvalue weighted by atomic mass is 10.1. The van der Waals surface area contributed by atoms with E-state index in [2.05, 4.69) is 5.32 Å². The number of benzene rings is 2. The van der Waals surface area contributed by atoms with Gasteiger partial charge < -0.3 is 19.7 Å². The average molecular weight is 601 g/mol. The van der Waals surface area contributed by atoms with E-state index in [4.69, 9.17) is 32.7 Å². The lowest BCUT2D eigenvalue weighted by molar-refractivity contribution is -0.141. The maximum atomic E-state index is 13.6. The molecule has 0 aliphatic carbocycles. The Bertz CT molecular complexity index is 1250. The Morgan fingerprint density at radius 2 is 1.74 bits per heavy atom. The molecule has 1 heterocycles. The first-order valence-corrected chi connectivity index (χ1v) is 15.5. The molecular weight excluding hydrogens is 565 g/mol. The van der Waals surface area contributed by atoms with Gasteiger partial charge >= 0.3 is 0 Å². The number of fused-ring (bicyclic) bond motifs is 1. The summed E-state index contributed by atoms with van der Waals surface area (Å²) in [5, 5.41) is 3.70. The number of anilines is 1. The molecule has 2 aromatic carbocycles. The van der Waals surface area contributed by atoms with Crippen LogP contribution >= 0.6 is 23.2 Å². The summed E-state index contributed by atoms with van der Waals surface area (Å²) in [6.45, 7) is 4.56. The summed E-state index contributed by atoms with van der Waals surface area (Å²) in [5.41, 5.74) is 0.961. The molecule has 0 fully saturated rings. The minimum Gasteiger partial charge on any atom is -0.454 e. The van der Waals surface area contributed by atoms with Crippen LogP contribution in [0.4, 0.5) is 5.69 Å². The molecule has 0 saturated heterocycles. The largest absolute Gasteiger partial charge is 0.454 e. The summed E-state index contributed by atoms with van der Waals surface area (Å²) in [7, 11) is -3.65. The molecular formula is C27H35Cl2N3O6S. The lowest BCUT2D eigenvalue weighted by Crippen LogP contribution is -2.49. The monoisotopic (exact) mass is 599 g/mol. The molecule has 12 heteroatoms. The first-order chi connectivity index (χ1) is 18.6. The predicted octanol–water partition coefficient (Wildman–Crippen LogP) is 4.99. The van der Waals surface area contributed by atoms with E-state index in [1.165, 1.54) is 9.21 Å². The third-order valence-corrected chi connectivity index (χ3v) is 8.30. The van der Waals surface area contributed by atoms with Crippen LogP contribution in [-0.4, -0.2) is 57.3 Å². The quantitative estimate of drug-likeness (QED) is 0.307. The van der Waals surface area contributed by atoms with Gasteiger partial charge in [-0.05, 0) is 43.5 Å². The molecule has 214 valence electrons. The lowest BCUT2D eigenvalue weighted by Gasteiger charge is -2.31. The van der Waals surface area contributed by atoms with E-state index in [1.54, 1.807) is 36.4 Å². The maximum Gasteiger partial charge on any atom is 0.242 e. The fourth-order valence-electron chi connectivity index (χ4n) is 4.32. The first kappa shape index (κ1) is 30.8. The van der Waals surface area contributed by atoms with Crippen molar-refractivity contribution in [2.45, 2.75) is 58.5 Å². The normalized spacial score (nSPS) is 13.2. The van der Waals surface area contributed by atoms with E-state index in [-0.39, 0.29) is 44.5 Å². The molecule has 39 heavy (non-hydrogen) atoms. The molecule has 0 bridgehead atoms. The molecule has 1 aliphatic heterocycles. The van der Waals surface area contributed by atoms with Crippen molar-refractivity contribution in [2.75, 3.05) is 30.4 Å². The summed E-state index contributed by atoms with van der Waals surface area (Å²) in [6.07, 6.45) is 3.48. The molecule has 0 unspecified atom stereocenters. The van der Waals surface area contributed by atoms with E-state index in [0.717, 1.165) is 19.1 Å². The summed E-state index contributed by atoms with van der Waals surface area (Å²) in [4.78, 5) is 28.1. The molecule has 0 saturated carbocycles. The van der Waals surface area contributed by atoms with Crippen LogP contribution in [0.2, 0.25) is 10.0 Å². The molecule has 9 nitrogen and oxygen atoms in total. The number of carbonyl (C=O) groups excluding carboxylic acids is 2. The molecule has 2 aromatic rings. The number of sulfonamides is 1. The average Bonchev–Trinajstić information content (AvgIpc) is 3.35. The topological polar surface area (TPSA) is 105 Å². The van der Waals surface area contributed by atoms with Crippen LogP contribution in [0.15, 0.2) is 36.4 Å². The van der Waals surface area contributed by atoms with Gasteiger partial charge in [-0.2, -0.15) is 0 Å². The number of nitrogens with one attached hydrogen (secondary N) is 1. The Morgan fingerprint density at radius 3 is 2.38 bits per heavy atom. The zero-order valence-electron chi connectivity index (χ0n) is 22.4. The molecule has 0 aromatic heterocycles. The zero-order chi connectivity index (χ0) is 28.6.